The van der Waals surface area contributed by atoms with Crippen LogP contribution in [0, 0.1) is 17.2 Å². The molecule has 1 rings (SSSR count). The Morgan fingerprint density at radius 3 is 2.75 bits per heavy atom. The molecule has 0 unspecified atom stereocenters. The number of rotatable bonds is 5. The lowest BCUT2D eigenvalue weighted by Gasteiger charge is -2.08. The van der Waals surface area contributed by atoms with Crippen LogP contribution in [0.2, 0.25) is 0 Å². The third-order valence-corrected chi connectivity index (χ3v) is 2.77. The van der Waals surface area contributed by atoms with Gasteiger partial charge in [-0.15, -0.1) is 0 Å². The van der Waals surface area contributed by atoms with Crippen molar-refractivity contribution in [3.05, 3.63) is 28.2 Å². The molecule has 0 fully saturated rings. The number of hydrogen-bond acceptors (Lipinski definition) is 2. The van der Waals surface area contributed by atoms with Crippen molar-refractivity contribution in [2.75, 3.05) is 11.9 Å². The summed E-state index contributed by atoms with van der Waals surface area (Å²) in [6, 6.07) is 7.84. The van der Waals surface area contributed by atoms with Gasteiger partial charge in [-0.2, -0.15) is 5.26 Å². The van der Waals surface area contributed by atoms with E-state index in [1.807, 2.05) is 18.2 Å². The molecule has 0 atom stereocenters. The van der Waals surface area contributed by atoms with E-state index in [4.69, 9.17) is 5.26 Å². The first-order valence-electron chi connectivity index (χ1n) is 5.56. The van der Waals surface area contributed by atoms with E-state index in [1.165, 1.54) is 6.42 Å². The molecule has 0 saturated heterocycles. The summed E-state index contributed by atoms with van der Waals surface area (Å²) in [7, 11) is 0. The van der Waals surface area contributed by atoms with Crippen LogP contribution >= 0.6 is 15.9 Å². The fourth-order valence-corrected chi connectivity index (χ4v) is 1.99. The van der Waals surface area contributed by atoms with Gasteiger partial charge in [0.05, 0.1) is 11.6 Å². The molecule has 3 heteroatoms. The van der Waals surface area contributed by atoms with Gasteiger partial charge >= 0.3 is 0 Å². The van der Waals surface area contributed by atoms with Crippen LogP contribution in [0.25, 0.3) is 0 Å². The SMILES string of the molecule is CC(C)CCCNc1cc(Br)cc(C#N)c1. The highest BCUT2D eigenvalue weighted by molar-refractivity contribution is 9.10. The van der Waals surface area contributed by atoms with Crippen LogP contribution in [-0.2, 0) is 0 Å². The zero-order valence-corrected chi connectivity index (χ0v) is 11.3. The molecular weight excluding hydrogens is 264 g/mol. The Morgan fingerprint density at radius 1 is 1.38 bits per heavy atom. The van der Waals surface area contributed by atoms with E-state index in [1.54, 1.807) is 0 Å². The van der Waals surface area contributed by atoms with Crippen molar-refractivity contribution in [1.82, 2.24) is 0 Å². The van der Waals surface area contributed by atoms with Crippen molar-refractivity contribution in [3.8, 4) is 6.07 Å². The molecule has 0 radical (unpaired) electrons. The van der Waals surface area contributed by atoms with Gasteiger partial charge in [-0.25, -0.2) is 0 Å². The molecule has 0 aliphatic heterocycles. The molecule has 0 saturated carbocycles. The summed E-state index contributed by atoms with van der Waals surface area (Å²) in [6.45, 7) is 5.42. The highest BCUT2D eigenvalue weighted by Gasteiger charge is 1.99. The molecule has 1 aromatic carbocycles. The van der Waals surface area contributed by atoms with Crippen LogP contribution < -0.4 is 5.32 Å². The lowest BCUT2D eigenvalue weighted by Crippen LogP contribution is -2.03. The Labute approximate surface area is 106 Å². The normalized spacial score (nSPS) is 10.2. The summed E-state index contributed by atoms with van der Waals surface area (Å²) < 4.78 is 0.943. The average Bonchev–Trinajstić information content (AvgIpc) is 2.23. The molecule has 1 aromatic rings. The van der Waals surface area contributed by atoms with Gasteiger partial charge in [0.2, 0.25) is 0 Å². The first-order valence-corrected chi connectivity index (χ1v) is 6.35. The molecule has 0 amide bonds. The van der Waals surface area contributed by atoms with Gasteiger partial charge in [-0.1, -0.05) is 29.8 Å². The predicted octanol–water partition coefficient (Wildman–Crippen LogP) is 4.17. The molecule has 0 heterocycles. The van der Waals surface area contributed by atoms with E-state index in [-0.39, 0.29) is 0 Å². The van der Waals surface area contributed by atoms with Gasteiger partial charge in [-0.3, -0.25) is 0 Å². The van der Waals surface area contributed by atoms with E-state index in [0.29, 0.717) is 5.56 Å². The average molecular weight is 281 g/mol. The number of nitriles is 1. The number of hydrogen-bond donors (Lipinski definition) is 1. The Hall–Kier alpha value is -1.01. The highest BCUT2D eigenvalue weighted by Crippen LogP contribution is 2.19. The van der Waals surface area contributed by atoms with Crippen molar-refractivity contribution in [2.24, 2.45) is 5.92 Å². The van der Waals surface area contributed by atoms with Crippen LogP contribution in [-0.4, -0.2) is 6.54 Å². The second-order valence-corrected chi connectivity index (χ2v) is 5.22. The minimum atomic E-state index is 0.681. The second kappa shape index (κ2) is 6.55. The van der Waals surface area contributed by atoms with Crippen molar-refractivity contribution < 1.29 is 0 Å². The van der Waals surface area contributed by atoms with Crippen LogP contribution in [0.5, 0.6) is 0 Å². The highest BCUT2D eigenvalue weighted by atomic mass is 79.9. The van der Waals surface area contributed by atoms with Gasteiger partial charge in [0.15, 0.2) is 0 Å². The molecule has 0 aromatic heterocycles. The molecule has 0 aliphatic rings. The van der Waals surface area contributed by atoms with E-state index in [9.17, 15) is 0 Å². The third-order valence-electron chi connectivity index (χ3n) is 2.31. The lowest BCUT2D eigenvalue weighted by molar-refractivity contribution is 0.567. The molecule has 2 nitrogen and oxygen atoms in total. The van der Waals surface area contributed by atoms with Crippen LogP contribution in [0.3, 0.4) is 0 Å². The van der Waals surface area contributed by atoms with Crippen molar-refractivity contribution >= 4 is 21.6 Å². The minimum Gasteiger partial charge on any atom is -0.385 e. The minimum absolute atomic E-state index is 0.681. The van der Waals surface area contributed by atoms with Crippen LogP contribution in [0.15, 0.2) is 22.7 Å². The summed E-state index contributed by atoms with van der Waals surface area (Å²) in [4.78, 5) is 0. The van der Waals surface area contributed by atoms with Gasteiger partial charge in [-0.05, 0) is 37.0 Å². The van der Waals surface area contributed by atoms with Gasteiger partial charge in [0, 0.05) is 16.7 Å². The Balaban J connectivity index is 2.48. The summed E-state index contributed by atoms with van der Waals surface area (Å²) in [6.07, 6.45) is 2.39. The predicted molar refractivity (Wildman–Crippen MR) is 71.4 cm³/mol. The summed E-state index contributed by atoms with van der Waals surface area (Å²) in [5.74, 6) is 0.749. The number of nitrogens with one attached hydrogen (secondary N) is 1. The van der Waals surface area contributed by atoms with Gasteiger partial charge < -0.3 is 5.32 Å². The second-order valence-electron chi connectivity index (χ2n) is 4.30. The topological polar surface area (TPSA) is 35.8 Å². The third kappa shape index (κ3) is 4.67. The zero-order valence-electron chi connectivity index (χ0n) is 9.76. The van der Waals surface area contributed by atoms with Crippen molar-refractivity contribution in [2.45, 2.75) is 26.7 Å². The molecule has 0 spiro atoms. The van der Waals surface area contributed by atoms with Gasteiger partial charge in [0.1, 0.15) is 0 Å². The molecule has 86 valence electrons. The van der Waals surface area contributed by atoms with Crippen LogP contribution in [0.1, 0.15) is 32.3 Å². The smallest absolute Gasteiger partial charge is 0.0992 e. The molecule has 16 heavy (non-hydrogen) atoms. The number of benzene rings is 1. The Bertz CT molecular complexity index is 380. The maximum atomic E-state index is 8.83. The quantitative estimate of drug-likeness (QED) is 0.822. The van der Waals surface area contributed by atoms with Crippen molar-refractivity contribution in [3.63, 3.8) is 0 Å². The fourth-order valence-electron chi connectivity index (χ4n) is 1.50. The first kappa shape index (κ1) is 13.1. The first-order chi connectivity index (χ1) is 7.61. The largest absolute Gasteiger partial charge is 0.385 e. The molecule has 0 aliphatic carbocycles. The molecule has 0 bridgehead atoms. The van der Waals surface area contributed by atoms with E-state index < -0.39 is 0 Å². The van der Waals surface area contributed by atoms with Gasteiger partial charge in [0.25, 0.3) is 0 Å². The summed E-state index contributed by atoms with van der Waals surface area (Å²) >= 11 is 3.39. The fraction of sp³-hybridized carbons (Fsp3) is 0.462. The maximum Gasteiger partial charge on any atom is 0.0992 e. The molecule has 1 N–H and O–H groups in total. The maximum absolute atomic E-state index is 8.83. The van der Waals surface area contributed by atoms with E-state index in [2.05, 4.69) is 41.2 Å². The summed E-state index contributed by atoms with van der Waals surface area (Å²) in [5, 5.41) is 12.2. The number of halogens is 1. The zero-order chi connectivity index (χ0) is 12.0. The lowest BCUT2D eigenvalue weighted by atomic mass is 10.1. The number of anilines is 1. The number of nitrogens with zero attached hydrogens (tertiary/aromatic N) is 1. The van der Waals surface area contributed by atoms with Crippen LogP contribution in [0.4, 0.5) is 5.69 Å². The van der Waals surface area contributed by atoms with E-state index in [0.717, 1.165) is 29.0 Å². The van der Waals surface area contributed by atoms with E-state index >= 15 is 0 Å². The standard InChI is InChI=1S/C13H17BrN2/c1-10(2)4-3-5-16-13-7-11(9-15)6-12(14)8-13/h6-8,10,16H,3-5H2,1-2H3. The Morgan fingerprint density at radius 2 is 2.12 bits per heavy atom. The Kier molecular flexibility index (Phi) is 5.34. The molecular formula is C13H17BrN2. The van der Waals surface area contributed by atoms with Crippen molar-refractivity contribution in [1.29, 1.82) is 5.26 Å². The monoisotopic (exact) mass is 280 g/mol. The summed E-state index contributed by atoms with van der Waals surface area (Å²) in [5.41, 5.74) is 1.69.